The molecule has 1 aromatic rings. The van der Waals surface area contributed by atoms with E-state index in [-0.39, 0.29) is 11.3 Å². The molecule has 2 aliphatic rings. The monoisotopic (exact) mass is 335 g/mol. The lowest BCUT2D eigenvalue weighted by Gasteiger charge is -2.39. The van der Waals surface area contributed by atoms with Gasteiger partial charge in [0, 0.05) is 42.9 Å². The standard InChI is InChI=1S/C18H29N3OS/c1-18(2,3)17(22)20(4)15-6-5-9-21(11-15)10-14-12-23-16(19-14)13-7-8-13/h12-13,15H,5-11H2,1-4H3. The summed E-state index contributed by atoms with van der Waals surface area (Å²) in [5.74, 6) is 0.993. The van der Waals surface area contributed by atoms with E-state index in [1.165, 1.54) is 23.5 Å². The van der Waals surface area contributed by atoms with E-state index in [1.54, 1.807) is 0 Å². The van der Waals surface area contributed by atoms with E-state index >= 15 is 0 Å². The summed E-state index contributed by atoms with van der Waals surface area (Å²) < 4.78 is 0. The van der Waals surface area contributed by atoms with Crippen molar-refractivity contribution >= 4 is 17.2 Å². The van der Waals surface area contributed by atoms with Crippen molar-refractivity contribution in [2.45, 2.75) is 65.0 Å². The fourth-order valence-electron chi connectivity index (χ4n) is 3.33. The number of hydrogen-bond acceptors (Lipinski definition) is 4. The molecule has 4 nitrogen and oxygen atoms in total. The molecule has 1 atom stereocenters. The maximum Gasteiger partial charge on any atom is 0.227 e. The van der Waals surface area contributed by atoms with Crippen LogP contribution in [0.4, 0.5) is 0 Å². The Balaban J connectivity index is 1.57. The van der Waals surface area contributed by atoms with Crippen molar-refractivity contribution in [1.82, 2.24) is 14.8 Å². The molecule has 1 saturated carbocycles. The van der Waals surface area contributed by atoms with E-state index in [2.05, 4.69) is 10.3 Å². The quantitative estimate of drug-likeness (QED) is 0.845. The van der Waals surface area contributed by atoms with Crippen molar-refractivity contribution in [3.05, 3.63) is 16.1 Å². The van der Waals surface area contributed by atoms with Gasteiger partial charge in [0.2, 0.25) is 5.91 Å². The first-order valence-electron chi connectivity index (χ1n) is 8.78. The maximum atomic E-state index is 12.5. The number of amides is 1. The van der Waals surface area contributed by atoms with E-state index in [1.807, 2.05) is 44.1 Å². The summed E-state index contributed by atoms with van der Waals surface area (Å²) in [6.45, 7) is 9.01. The van der Waals surface area contributed by atoms with Gasteiger partial charge in [0.05, 0.1) is 10.7 Å². The molecule has 3 rings (SSSR count). The maximum absolute atomic E-state index is 12.5. The fourth-order valence-corrected chi connectivity index (χ4v) is 4.31. The number of likely N-dealkylation sites (tertiary alicyclic amines) is 1. The van der Waals surface area contributed by atoms with Crippen LogP contribution in [0.3, 0.4) is 0 Å². The Labute approximate surface area is 143 Å². The molecule has 128 valence electrons. The molecule has 0 N–H and O–H groups in total. The third kappa shape index (κ3) is 4.13. The summed E-state index contributed by atoms with van der Waals surface area (Å²) in [5.41, 5.74) is 0.910. The summed E-state index contributed by atoms with van der Waals surface area (Å²) in [4.78, 5) is 21.8. The van der Waals surface area contributed by atoms with Crippen LogP contribution in [0.1, 0.15) is 63.1 Å². The molecular weight excluding hydrogens is 306 g/mol. The van der Waals surface area contributed by atoms with E-state index in [9.17, 15) is 4.79 Å². The van der Waals surface area contributed by atoms with Gasteiger partial charge in [-0.2, -0.15) is 0 Å². The van der Waals surface area contributed by atoms with Gasteiger partial charge in [-0.15, -0.1) is 11.3 Å². The van der Waals surface area contributed by atoms with Crippen molar-refractivity contribution in [1.29, 1.82) is 0 Å². The number of aromatic nitrogens is 1. The highest BCUT2D eigenvalue weighted by molar-refractivity contribution is 7.09. The lowest BCUT2D eigenvalue weighted by atomic mass is 9.93. The Morgan fingerprint density at radius 1 is 1.39 bits per heavy atom. The van der Waals surface area contributed by atoms with Crippen LogP contribution in [0.5, 0.6) is 0 Å². The highest BCUT2D eigenvalue weighted by Gasteiger charge is 2.32. The van der Waals surface area contributed by atoms with E-state index in [0.717, 1.165) is 38.4 Å². The largest absolute Gasteiger partial charge is 0.341 e. The van der Waals surface area contributed by atoms with Crippen LogP contribution in [0.15, 0.2) is 5.38 Å². The van der Waals surface area contributed by atoms with Crippen LogP contribution in [-0.2, 0) is 11.3 Å². The summed E-state index contributed by atoms with van der Waals surface area (Å²) in [6.07, 6.45) is 4.90. The minimum absolute atomic E-state index is 0.244. The van der Waals surface area contributed by atoms with Crippen molar-refractivity contribution in [2.24, 2.45) is 5.41 Å². The molecule has 23 heavy (non-hydrogen) atoms. The van der Waals surface area contributed by atoms with Gasteiger partial charge in [-0.1, -0.05) is 20.8 Å². The van der Waals surface area contributed by atoms with Crippen LogP contribution in [0.2, 0.25) is 0 Å². The molecule has 0 aromatic carbocycles. The highest BCUT2D eigenvalue weighted by Crippen LogP contribution is 2.41. The number of thiazole rings is 1. The second-order valence-corrected chi connectivity index (χ2v) is 9.04. The molecule has 1 aliphatic heterocycles. The number of carbonyl (C=O) groups excluding carboxylic acids is 1. The predicted octanol–water partition coefficient (Wildman–Crippen LogP) is 3.49. The van der Waals surface area contributed by atoms with Gasteiger partial charge in [-0.25, -0.2) is 4.98 Å². The normalized spacial score (nSPS) is 23.0. The Kier molecular flexibility index (Phi) is 4.79. The first-order valence-corrected chi connectivity index (χ1v) is 9.66. The van der Waals surface area contributed by atoms with Gasteiger partial charge < -0.3 is 4.90 Å². The molecule has 2 fully saturated rings. The first-order chi connectivity index (χ1) is 10.8. The molecule has 1 unspecified atom stereocenters. The van der Waals surface area contributed by atoms with Crippen LogP contribution in [0, 0.1) is 5.41 Å². The average Bonchev–Trinajstić information content (AvgIpc) is 3.25. The summed E-state index contributed by atoms with van der Waals surface area (Å²) in [6, 6.07) is 0.331. The number of likely N-dealkylation sites (N-methyl/N-ethyl adjacent to an activating group) is 1. The fraction of sp³-hybridized carbons (Fsp3) is 0.778. The zero-order valence-electron chi connectivity index (χ0n) is 14.8. The van der Waals surface area contributed by atoms with Gasteiger partial charge in [-0.05, 0) is 32.2 Å². The summed E-state index contributed by atoms with van der Waals surface area (Å²) in [7, 11) is 1.97. The topological polar surface area (TPSA) is 36.4 Å². The molecule has 1 aromatic heterocycles. The summed E-state index contributed by atoms with van der Waals surface area (Å²) >= 11 is 1.82. The molecule has 0 spiro atoms. The lowest BCUT2D eigenvalue weighted by Crippen LogP contribution is -2.50. The summed E-state index contributed by atoms with van der Waals surface area (Å²) in [5, 5.41) is 3.55. The van der Waals surface area contributed by atoms with Gasteiger partial charge in [0.25, 0.3) is 0 Å². The van der Waals surface area contributed by atoms with Crippen LogP contribution in [-0.4, -0.2) is 46.9 Å². The minimum Gasteiger partial charge on any atom is -0.341 e. The molecule has 0 bridgehead atoms. The second-order valence-electron chi connectivity index (χ2n) is 8.15. The van der Waals surface area contributed by atoms with Crippen LogP contribution >= 0.6 is 11.3 Å². The molecule has 5 heteroatoms. The van der Waals surface area contributed by atoms with E-state index < -0.39 is 0 Å². The van der Waals surface area contributed by atoms with Crippen molar-refractivity contribution < 1.29 is 4.79 Å². The second kappa shape index (κ2) is 6.52. The van der Waals surface area contributed by atoms with E-state index in [0.29, 0.717) is 6.04 Å². The van der Waals surface area contributed by atoms with Crippen LogP contribution < -0.4 is 0 Å². The number of rotatable bonds is 4. The van der Waals surface area contributed by atoms with Crippen molar-refractivity contribution in [3.8, 4) is 0 Å². The van der Waals surface area contributed by atoms with E-state index in [4.69, 9.17) is 4.98 Å². The molecular formula is C18H29N3OS. The molecule has 0 radical (unpaired) electrons. The number of nitrogens with zero attached hydrogens (tertiary/aromatic N) is 3. The molecule has 2 heterocycles. The Morgan fingerprint density at radius 2 is 2.13 bits per heavy atom. The smallest absolute Gasteiger partial charge is 0.227 e. The SMILES string of the molecule is CN(C(=O)C(C)(C)C)C1CCCN(Cc2csc(C3CC3)n2)C1. The Bertz CT molecular complexity index is 559. The van der Waals surface area contributed by atoms with Gasteiger partial charge >= 0.3 is 0 Å². The van der Waals surface area contributed by atoms with Gasteiger partial charge in [0.15, 0.2) is 0 Å². The number of piperidine rings is 1. The average molecular weight is 336 g/mol. The predicted molar refractivity (Wildman–Crippen MR) is 94.6 cm³/mol. The number of hydrogen-bond donors (Lipinski definition) is 0. The third-order valence-electron chi connectivity index (χ3n) is 4.87. The Morgan fingerprint density at radius 3 is 2.78 bits per heavy atom. The zero-order valence-corrected chi connectivity index (χ0v) is 15.7. The number of carbonyl (C=O) groups is 1. The van der Waals surface area contributed by atoms with Gasteiger partial charge in [-0.3, -0.25) is 9.69 Å². The van der Waals surface area contributed by atoms with Crippen molar-refractivity contribution in [2.75, 3.05) is 20.1 Å². The highest BCUT2D eigenvalue weighted by atomic mass is 32.1. The van der Waals surface area contributed by atoms with Crippen molar-refractivity contribution in [3.63, 3.8) is 0 Å². The lowest BCUT2D eigenvalue weighted by molar-refractivity contribution is -0.141. The first kappa shape index (κ1) is 16.9. The van der Waals surface area contributed by atoms with Gasteiger partial charge in [0.1, 0.15) is 0 Å². The minimum atomic E-state index is -0.300. The molecule has 1 amide bonds. The molecule has 1 saturated heterocycles. The Hall–Kier alpha value is -0.940. The van der Waals surface area contributed by atoms with Crippen LogP contribution in [0.25, 0.3) is 0 Å². The molecule has 1 aliphatic carbocycles. The third-order valence-corrected chi connectivity index (χ3v) is 5.93. The zero-order chi connectivity index (χ0) is 16.6.